The van der Waals surface area contributed by atoms with Gasteiger partial charge in [0.15, 0.2) is 0 Å². The van der Waals surface area contributed by atoms with Crippen LogP contribution in [0.2, 0.25) is 0 Å². The lowest BCUT2D eigenvalue weighted by Gasteiger charge is -2.58. The highest BCUT2D eigenvalue weighted by Gasteiger charge is 2.58. The molecule has 162 valence electrons. The zero-order valence-electron chi connectivity index (χ0n) is 18.9. The van der Waals surface area contributed by atoms with Gasteiger partial charge in [0.25, 0.3) is 0 Å². The number of carboxylic acid groups (broad SMARTS) is 1. The van der Waals surface area contributed by atoms with E-state index in [4.69, 9.17) is 4.74 Å². The highest BCUT2D eigenvalue weighted by molar-refractivity contribution is 5.75. The Labute approximate surface area is 181 Å². The first-order valence-electron chi connectivity index (χ1n) is 11.5. The largest absolute Gasteiger partial charge is 0.497 e. The van der Waals surface area contributed by atoms with Gasteiger partial charge < -0.3 is 9.84 Å². The molecule has 1 N–H and O–H groups in total. The Hall–Kier alpha value is -2.03. The van der Waals surface area contributed by atoms with Crippen molar-refractivity contribution < 1.29 is 14.6 Å². The maximum atomic E-state index is 12.2. The molecule has 0 heterocycles. The van der Waals surface area contributed by atoms with E-state index >= 15 is 0 Å². The van der Waals surface area contributed by atoms with Gasteiger partial charge in [0.2, 0.25) is 0 Å². The Kier molecular flexibility index (Phi) is 5.36. The number of allylic oxidation sites excluding steroid dienone is 3. The molecule has 0 bridgehead atoms. The number of benzene rings is 1. The summed E-state index contributed by atoms with van der Waals surface area (Å²) in [5.41, 5.74) is 2.49. The topological polar surface area (TPSA) is 46.5 Å². The summed E-state index contributed by atoms with van der Waals surface area (Å²) >= 11 is 0. The average Bonchev–Trinajstić information content (AvgIpc) is 2.72. The standard InChI is InChI=1S/C27H36O3/c1-25(16-12-19-6-9-21(30-4)10-7-19)17-13-22-20(18-25)8-11-23-26(22,2)14-5-15-27(23,3)24(28)29/h6-10,12,16,22-23H,5,11,13-15,17-18H2,1-4H3,(H,28,29)/b16-12+/t22-,23+,25-,26+,27+/m0/s1. The summed E-state index contributed by atoms with van der Waals surface area (Å²) in [5, 5.41) is 10.0. The smallest absolute Gasteiger partial charge is 0.309 e. The Bertz CT molecular complexity index is 867. The van der Waals surface area contributed by atoms with Crippen molar-refractivity contribution in [2.75, 3.05) is 7.11 Å². The van der Waals surface area contributed by atoms with Crippen molar-refractivity contribution in [2.45, 2.75) is 65.7 Å². The van der Waals surface area contributed by atoms with Crippen LogP contribution < -0.4 is 4.74 Å². The van der Waals surface area contributed by atoms with Gasteiger partial charge in [-0.25, -0.2) is 0 Å². The normalized spacial score (nSPS) is 38.5. The number of methoxy groups -OCH3 is 1. The Morgan fingerprint density at radius 1 is 1.13 bits per heavy atom. The third-order valence-electron chi connectivity index (χ3n) is 8.73. The van der Waals surface area contributed by atoms with Gasteiger partial charge >= 0.3 is 5.97 Å². The molecule has 0 aliphatic heterocycles. The molecule has 2 fully saturated rings. The molecular weight excluding hydrogens is 372 g/mol. The first kappa shape index (κ1) is 21.2. The molecule has 3 aliphatic carbocycles. The van der Waals surface area contributed by atoms with E-state index in [1.807, 2.05) is 19.1 Å². The lowest BCUT2D eigenvalue weighted by molar-refractivity contribution is -0.163. The Morgan fingerprint density at radius 2 is 1.87 bits per heavy atom. The van der Waals surface area contributed by atoms with Gasteiger partial charge in [0.1, 0.15) is 5.75 Å². The summed E-state index contributed by atoms with van der Waals surface area (Å²) in [6.45, 7) is 6.77. The quantitative estimate of drug-likeness (QED) is 0.561. The van der Waals surface area contributed by atoms with Crippen LogP contribution in [0.25, 0.3) is 6.08 Å². The molecule has 3 nitrogen and oxygen atoms in total. The Morgan fingerprint density at radius 3 is 2.53 bits per heavy atom. The van der Waals surface area contributed by atoms with Crippen molar-refractivity contribution in [1.29, 1.82) is 0 Å². The molecule has 4 rings (SSSR count). The second-order valence-electron chi connectivity index (χ2n) is 10.7. The highest BCUT2D eigenvalue weighted by atomic mass is 16.5. The third-order valence-corrected chi connectivity index (χ3v) is 8.73. The van der Waals surface area contributed by atoms with Crippen molar-refractivity contribution in [2.24, 2.45) is 28.1 Å². The number of fused-ring (bicyclic) bond motifs is 3. The summed E-state index contributed by atoms with van der Waals surface area (Å²) in [4.78, 5) is 12.2. The average molecular weight is 409 g/mol. The predicted octanol–water partition coefficient (Wildman–Crippen LogP) is 6.74. The van der Waals surface area contributed by atoms with Crippen LogP contribution in [0.4, 0.5) is 0 Å². The van der Waals surface area contributed by atoms with Crippen molar-refractivity contribution >= 4 is 12.0 Å². The molecule has 1 aromatic rings. The van der Waals surface area contributed by atoms with Crippen LogP contribution in [0.3, 0.4) is 0 Å². The van der Waals surface area contributed by atoms with Crippen molar-refractivity contribution in [1.82, 2.24) is 0 Å². The Balaban J connectivity index is 1.55. The van der Waals surface area contributed by atoms with Crippen molar-refractivity contribution in [3.63, 3.8) is 0 Å². The fraction of sp³-hybridized carbons (Fsp3) is 0.593. The van der Waals surface area contributed by atoms with Crippen LogP contribution in [0.5, 0.6) is 5.75 Å². The number of carbonyl (C=O) groups is 1. The number of carboxylic acids is 1. The summed E-state index contributed by atoms with van der Waals surface area (Å²) in [5.74, 6) is 1.08. The van der Waals surface area contributed by atoms with Crippen LogP contribution in [0.15, 0.2) is 42.0 Å². The van der Waals surface area contributed by atoms with E-state index < -0.39 is 11.4 Å². The van der Waals surface area contributed by atoms with Crippen LogP contribution >= 0.6 is 0 Å². The molecular formula is C27H36O3. The molecule has 30 heavy (non-hydrogen) atoms. The van der Waals surface area contributed by atoms with Crippen molar-refractivity contribution in [3.8, 4) is 5.75 Å². The van der Waals surface area contributed by atoms with Crippen LogP contribution in [-0.2, 0) is 4.79 Å². The van der Waals surface area contributed by atoms with Gasteiger partial charge in [-0.1, -0.05) is 56.2 Å². The molecule has 2 saturated carbocycles. The SMILES string of the molecule is COc1ccc(/C=C/[C@@]2(C)CC[C@H]3C(=CC[C@@H]4[C@]3(C)CCC[C@@]4(C)C(=O)O)C2)cc1. The third kappa shape index (κ3) is 3.50. The number of ether oxygens (including phenoxy) is 1. The first-order chi connectivity index (χ1) is 14.2. The highest BCUT2D eigenvalue weighted by Crippen LogP contribution is 2.63. The fourth-order valence-electron chi connectivity index (χ4n) is 6.84. The minimum absolute atomic E-state index is 0.122. The molecule has 0 amide bonds. The maximum Gasteiger partial charge on any atom is 0.309 e. The van der Waals surface area contributed by atoms with E-state index in [9.17, 15) is 9.90 Å². The number of hydrogen-bond acceptors (Lipinski definition) is 2. The number of rotatable bonds is 4. The molecule has 1 aromatic carbocycles. The zero-order valence-corrected chi connectivity index (χ0v) is 18.9. The molecule has 0 spiro atoms. The lowest BCUT2D eigenvalue weighted by atomic mass is 9.45. The summed E-state index contributed by atoms with van der Waals surface area (Å²) in [6.07, 6.45) is 14.4. The van der Waals surface area contributed by atoms with Crippen LogP contribution in [0, 0.1) is 28.1 Å². The number of hydrogen-bond donors (Lipinski definition) is 1. The molecule has 3 heteroatoms. The monoisotopic (exact) mass is 408 g/mol. The van der Waals surface area contributed by atoms with Crippen molar-refractivity contribution in [3.05, 3.63) is 47.6 Å². The van der Waals surface area contributed by atoms with E-state index in [-0.39, 0.29) is 16.7 Å². The van der Waals surface area contributed by atoms with Gasteiger partial charge in [0, 0.05) is 0 Å². The summed E-state index contributed by atoms with van der Waals surface area (Å²) < 4.78 is 5.26. The van der Waals surface area contributed by atoms with E-state index in [1.54, 1.807) is 12.7 Å². The second-order valence-corrected chi connectivity index (χ2v) is 10.7. The van der Waals surface area contributed by atoms with Gasteiger partial charge in [0.05, 0.1) is 12.5 Å². The van der Waals surface area contributed by atoms with Gasteiger partial charge in [-0.3, -0.25) is 4.79 Å². The molecule has 0 radical (unpaired) electrons. The zero-order chi connectivity index (χ0) is 21.6. The molecule has 0 unspecified atom stereocenters. The lowest BCUT2D eigenvalue weighted by Crippen LogP contribution is -2.53. The molecule has 5 atom stereocenters. The minimum atomic E-state index is -0.599. The van der Waals surface area contributed by atoms with Gasteiger partial charge in [-0.2, -0.15) is 0 Å². The van der Waals surface area contributed by atoms with E-state index in [0.29, 0.717) is 5.92 Å². The molecule has 0 saturated heterocycles. The first-order valence-corrected chi connectivity index (χ1v) is 11.5. The second kappa shape index (κ2) is 7.59. The van der Waals surface area contributed by atoms with Gasteiger partial charge in [-0.05, 0) is 85.8 Å². The van der Waals surface area contributed by atoms with E-state index in [1.165, 1.54) is 12.0 Å². The van der Waals surface area contributed by atoms with Gasteiger partial charge in [-0.15, -0.1) is 0 Å². The molecule has 3 aliphatic rings. The fourth-order valence-corrected chi connectivity index (χ4v) is 6.84. The molecule has 0 aromatic heterocycles. The predicted molar refractivity (Wildman–Crippen MR) is 121 cm³/mol. The van der Waals surface area contributed by atoms with E-state index in [2.05, 4.69) is 44.2 Å². The number of aliphatic carboxylic acids is 1. The van der Waals surface area contributed by atoms with Crippen LogP contribution in [-0.4, -0.2) is 18.2 Å². The minimum Gasteiger partial charge on any atom is -0.497 e. The maximum absolute atomic E-state index is 12.2. The van der Waals surface area contributed by atoms with E-state index in [0.717, 1.165) is 44.3 Å². The van der Waals surface area contributed by atoms with Crippen LogP contribution in [0.1, 0.15) is 71.3 Å². The summed E-state index contributed by atoms with van der Waals surface area (Å²) in [7, 11) is 1.69. The summed E-state index contributed by atoms with van der Waals surface area (Å²) in [6, 6.07) is 8.22.